The van der Waals surface area contributed by atoms with Gasteiger partial charge in [-0.25, -0.2) is 9.97 Å². The fourth-order valence-corrected chi connectivity index (χ4v) is 4.61. The summed E-state index contributed by atoms with van der Waals surface area (Å²) in [5, 5.41) is 12.1. The van der Waals surface area contributed by atoms with E-state index in [1.165, 1.54) is 11.3 Å². The summed E-state index contributed by atoms with van der Waals surface area (Å²) in [7, 11) is 0. The average Bonchev–Trinajstić information content (AvgIpc) is 2.94. The lowest BCUT2D eigenvalue weighted by atomic mass is 10.2. The Kier molecular flexibility index (Phi) is 5.17. The van der Waals surface area contributed by atoms with Gasteiger partial charge in [-0.05, 0) is 6.92 Å². The van der Waals surface area contributed by atoms with Gasteiger partial charge in [-0.15, -0.1) is 22.7 Å². The Hall–Kier alpha value is -0.920. The molecule has 0 saturated heterocycles. The van der Waals surface area contributed by atoms with Crippen LogP contribution >= 0.6 is 34.4 Å². The number of hydrogen-bond acceptors (Lipinski definition) is 6. The van der Waals surface area contributed by atoms with Gasteiger partial charge in [-0.1, -0.05) is 25.6 Å². The van der Waals surface area contributed by atoms with Crippen molar-refractivity contribution in [3.63, 3.8) is 0 Å². The topological polar surface area (TPSA) is 63.1 Å². The summed E-state index contributed by atoms with van der Waals surface area (Å²) in [6.07, 6.45) is 0.0538. The monoisotopic (exact) mass is 328 g/mol. The third kappa shape index (κ3) is 4.04. The molecule has 7 heteroatoms. The van der Waals surface area contributed by atoms with Crippen LogP contribution in [0.1, 0.15) is 41.0 Å². The fourth-order valence-electron chi connectivity index (χ4n) is 1.55. The first kappa shape index (κ1) is 15.5. The minimum absolute atomic E-state index is 0.0538. The maximum Gasteiger partial charge on any atom is 0.308 e. The standard InChI is InChI=1S/C13H16N2O2S3/c1-7(2)12-15-9(5-18-12)6-19-13-14-8(3)10(20-13)4-11(16)17/h5,7H,4,6H2,1-3H3,(H,16,17). The van der Waals surface area contributed by atoms with Gasteiger partial charge in [0, 0.05) is 21.9 Å². The molecule has 0 saturated carbocycles. The Balaban J connectivity index is 1.98. The molecule has 2 heterocycles. The van der Waals surface area contributed by atoms with Crippen molar-refractivity contribution < 1.29 is 9.90 Å². The first-order chi connectivity index (χ1) is 9.45. The highest BCUT2D eigenvalue weighted by Crippen LogP contribution is 2.31. The number of thioether (sulfide) groups is 1. The van der Waals surface area contributed by atoms with Crippen LogP contribution in [0.15, 0.2) is 9.72 Å². The number of aromatic nitrogens is 2. The summed E-state index contributed by atoms with van der Waals surface area (Å²) in [6, 6.07) is 0. The molecule has 4 nitrogen and oxygen atoms in total. The highest BCUT2D eigenvalue weighted by molar-refractivity contribution is 8.00. The summed E-state index contributed by atoms with van der Waals surface area (Å²) < 4.78 is 0.915. The van der Waals surface area contributed by atoms with Crippen LogP contribution in [-0.4, -0.2) is 21.0 Å². The first-order valence-electron chi connectivity index (χ1n) is 6.21. The molecule has 0 spiro atoms. The van der Waals surface area contributed by atoms with Crippen molar-refractivity contribution in [2.75, 3.05) is 0 Å². The summed E-state index contributed by atoms with van der Waals surface area (Å²) in [5.41, 5.74) is 1.89. The van der Waals surface area contributed by atoms with Gasteiger partial charge in [0.05, 0.1) is 22.8 Å². The van der Waals surface area contributed by atoms with E-state index in [0.29, 0.717) is 5.92 Å². The van der Waals surface area contributed by atoms with Crippen LogP contribution in [0.2, 0.25) is 0 Å². The molecule has 0 fully saturated rings. The molecule has 108 valence electrons. The SMILES string of the molecule is Cc1nc(SCc2csc(C(C)C)n2)sc1CC(=O)O. The maximum atomic E-state index is 10.7. The number of aryl methyl sites for hydroxylation is 1. The summed E-state index contributed by atoms with van der Waals surface area (Å²) in [6.45, 7) is 6.13. The zero-order valence-corrected chi connectivity index (χ0v) is 14.0. The Morgan fingerprint density at radius 3 is 2.80 bits per heavy atom. The van der Waals surface area contributed by atoms with Crippen molar-refractivity contribution >= 4 is 40.4 Å². The minimum atomic E-state index is -0.811. The van der Waals surface area contributed by atoms with Gasteiger partial charge in [0.2, 0.25) is 0 Å². The Bertz CT molecular complexity index is 605. The van der Waals surface area contributed by atoms with Crippen molar-refractivity contribution in [2.45, 2.75) is 43.2 Å². The number of hydrogen-bond donors (Lipinski definition) is 1. The van der Waals surface area contributed by atoms with Crippen molar-refractivity contribution in [2.24, 2.45) is 0 Å². The van der Waals surface area contributed by atoms with Gasteiger partial charge in [-0.2, -0.15) is 0 Å². The Labute approximate surface area is 130 Å². The van der Waals surface area contributed by atoms with Gasteiger partial charge >= 0.3 is 5.97 Å². The van der Waals surface area contributed by atoms with Crippen LogP contribution in [0.5, 0.6) is 0 Å². The predicted octanol–water partition coefficient (Wildman–Crippen LogP) is 3.95. The molecule has 2 aromatic rings. The average molecular weight is 328 g/mol. The van der Waals surface area contributed by atoms with Crippen LogP contribution < -0.4 is 0 Å². The lowest BCUT2D eigenvalue weighted by molar-refractivity contribution is -0.136. The van der Waals surface area contributed by atoms with Crippen molar-refractivity contribution in [3.8, 4) is 0 Å². The van der Waals surface area contributed by atoms with Crippen LogP contribution in [-0.2, 0) is 17.0 Å². The highest BCUT2D eigenvalue weighted by Gasteiger charge is 2.12. The molecule has 0 aliphatic heterocycles. The van der Waals surface area contributed by atoms with Crippen LogP contribution in [0, 0.1) is 6.92 Å². The van der Waals surface area contributed by atoms with Gasteiger partial charge in [0.1, 0.15) is 0 Å². The Morgan fingerprint density at radius 1 is 1.45 bits per heavy atom. The lowest BCUT2D eigenvalue weighted by Gasteiger charge is -1.96. The molecular weight excluding hydrogens is 312 g/mol. The number of carbonyl (C=O) groups is 1. The third-order valence-corrected chi connectivity index (χ3v) is 6.12. The van der Waals surface area contributed by atoms with Crippen LogP contribution in [0.25, 0.3) is 0 Å². The zero-order chi connectivity index (χ0) is 14.7. The summed E-state index contributed by atoms with van der Waals surface area (Å²) in [4.78, 5) is 20.6. The summed E-state index contributed by atoms with van der Waals surface area (Å²) in [5.74, 6) is 0.431. The molecule has 0 radical (unpaired) electrons. The first-order valence-corrected chi connectivity index (χ1v) is 8.89. The molecule has 0 amide bonds. The van der Waals surface area contributed by atoms with E-state index < -0.39 is 5.97 Å². The molecule has 2 aromatic heterocycles. The number of thiazole rings is 2. The second kappa shape index (κ2) is 6.69. The van der Waals surface area contributed by atoms with E-state index in [2.05, 4.69) is 29.2 Å². The lowest BCUT2D eigenvalue weighted by Crippen LogP contribution is -1.99. The van der Waals surface area contributed by atoms with Crippen molar-refractivity contribution in [1.82, 2.24) is 9.97 Å². The normalized spacial score (nSPS) is 11.2. The number of carboxylic acids is 1. The highest BCUT2D eigenvalue weighted by atomic mass is 32.2. The molecule has 0 aliphatic carbocycles. The predicted molar refractivity (Wildman–Crippen MR) is 84.0 cm³/mol. The van der Waals surface area contributed by atoms with Gasteiger partial charge in [0.25, 0.3) is 0 Å². The van der Waals surface area contributed by atoms with E-state index in [1.54, 1.807) is 23.1 Å². The molecule has 0 aliphatic rings. The molecule has 20 heavy (non-hydrogen) atoms. The second-order valence-corrected chi connectivity index (χ2v) is 7.88. The Morgan fingerprint density at radius 2 is 2.20 bits per heavy atom. The van der Waals surface area contributed by atoms with Gasteiger partial charge in [0.15, 0.2) is 4.34 Å². The maximum absolute atomic E-state index is 10.7. The number of carboxylic acid groups (broad SMARTS) is 1. The number of rotatable bonds is 6. The molecule has 0 unspecified atom stereocenters. The van der Waals surface area contributed by atoms with Crippen molar-refractivity contribution in [1.29, 1.82) is 0 Å². The zero-order valence-electron chi connectivity index (χ0n) is 11.5. The van der Waals surface area contributed by atoms with E-state index in [1.807, 2.05) is 6.92 Å². The third-order valence-electron chi connectivity index (χ3n) is 2.59. The van der Waals surface area contributed by atoms with E-state index in [4.69, 9.17) is 5.11 Å². The molecular formula is C13H16N2O2S3. The second-order valence-electron chi connectivity index (χ2n) is 4.68. The largest absolute Gasteiger partial charge is 0.481 e. The molecule has 1 N–H and O–H groups in total. The van der Waals surface area contributed by atoms with Gasteiger partial charge in [-0.3, -0.25) is 4.79 Å². The van der Waals surface area contributed by atoms with E-state index >= 15 is 0 Å². The quantitative estimate of drug-likeness (QED) is 0.813. The fraction of sp³-hybridized carbons (Fsp3) is 0.462. The number of nitrogens with zero attached hydrogens (tertiary/aromatic N) is 2. The van der Waals surface area contributed by atoms with Gasteiger partial charge < -0.3 is 5.11 Å². The van der Waals surface area contributed by atoms with Crippen LogP contribution in [0.3, 0.4) is 0 Å². The van der Waals surface area contributed by atoms with E-state index in [-0.39, 0.29) is 6.42 Å². The molecule has 0 atom stereocenters. The molecule has 2 rings (SSSR count). The van der Waals surface area contributed by atoms with E-state index in [9.17, 15) is 4.79 Å². The van der Waals surface area contributed by atoms with E-state index in [0.717, 1.165) is 31.4 Å². The number of aliphatic carboxylic acids is 1. The van der Waals surface area contributed by atoms with Crippen molar-refractivity contribution in [3.05, 3.63) is 26.7 Å². The smallest absolute Gasteiger partial charge is 0.308 e. The van der Waals surface area contributed by atoms with Crippen LogP contribution in [0.4, 0.5) is 0 Å². The minimum Gasteiger partial charge on any atom is -0.481 e. The molecule has 0 aromatic carbocycles. The molecule has 0 bridgehead atoms. The summed E-state index contributed by atoms with van der Waals surface area (Å²) >= 11 is 4.78.